The Bertz CT molecular complexity index is 2060. The number of rotatable bonds is 13. The van der Waals surface area contributed by atoms with Crippen molar-refractivity contribution >= 4 is 59.6 Å². The van der Waals surface area contributed by atoms with Crippen molar-refractivity contribution in [3.8, 4) is 0 Å². The molecule has 2 aliphatic heterocycles. The standard InChI is InChI=1S/C28H30N2.C12H20N2O4.C11H20N2O3.CH2O/c1-29-24-13-9-21(10-14-24)26-17-18-27(22-11-15-25(30-2)16-12-22)28(26)23-7-5-20(6-8-23)19-3-4-19;1-8(2)10(13-12(17)18-3)11(16)14-6-4-5-9(14)7-15;1-8(2)9(12-11(15)16-3)10(14)13-6-4-5-7-13;1-2/h5-16,19,26,29-30H,3-4,17-18H2,1-2H3;7-10H,4-6H2,1-3H3,(H,13,17);8-9H,4-7H2,1-3H3,(H,12,15);1H2/t;9-,10?;9-;/m.00./s1. The Morgan fingerprint density at radius 3 is 1.59 bits per heavy atom. The molecule has 0 spiro atoms. The smallest absolute Gasteiger partial charge is 0.407 e. The molecule has 66 heavy (non-hydrogen) atoms. The Balaban J connectivity index is 0.000000228. The van der Waals surface area contributed by atoms with E-state index in [1.165, 1.54) is 77.5 Å². The number of ether oxygens (including phenoxy) is 2. The van der Waals surface area contributed by atoms with Crippen LogP contribution < -0.4 is 21.3 Å². The van der Waals surface area contributed by atoms with Crippen LogP contribution in [0.2, 0.25) is 0 Å². The van der Waals surface area contributed by atoms with Crippen molar-refractivity contribution in [2.75, 3.05) is 58.6 Å². The molecule has 2 heterocycles. The van der Waals surface area contributed by atoms with Gasteiger partial charge in [-0.25, -0.2) is 9.59 Å². The third-order valence-corrected chi connectivity index (χ3v) is 12.7. The van der Waals surface area contributed by atoms with Gasteiger partial charge in [0.25, 0.3) is 0 Å². The minimum Gasteiger partial charge on any atom is -0.453 e. The molecule has 3 fully saturated rings. The van der Waals surface area contributed by atoms with Gasteiger partial charge in [0.15, 0.2) is 0 Å². The summed E-state index contributed by atoms with van der Waals surface area (Å²) in [6.07, 6.45) is 8.21. The summed E-state index contributed by atoms with van der Waals surface area (Å²) in [4.78, 5) is 69.0. The fourth-order valence-corrected chi connectivity index (χ4v) is 8.78. The van der Waals surface area contributed by atoms with Crippen LogP contribution in [0, 0.1) is 11.8 Å². The number of allylic oxidation sites excluding steroid dienone is 2. The number of amides is 4. The van der Waals surface area contributed by atoms with Crippen LogP contribution in [0.15, 0.2) is 72.8 Å². The maximum atomic E-state index is 12.3. The van der Waals surface area contributed by atoms with Crippen LogP contribution in [0.3, 0.4) is 0 Å². The minimum atomic E-state index is -0.655. The number of aldehydes is 1. The molecule has 14 heteroatoms. The van der Waals surface area contributed by atoms with Crippen LogP contribution >= 0.6 is 0 Å². The number of carbonyl (C=O) groups is 6. The molecule has 358 valence electrons. The summed E-state index contributed by atoms with van der Waals surface area (Å²) >= 11 is 0. The van der Waals surface area contributed by atoms with Crippen molar-refractivity contribution in [2.24, 2.45) is 11.8 Å². The Hall–Kier alpha value is -6.18. The monoisotopic (exact) mass is 909 g/mol. The summed E-state index contributed by atoms with van der Waals surface area (Å²) in [7, 11) is 6.50. The third-order valence-electron chi connectivity index (χ3n) is 12.7. The van der Waals surface area contributed by atoms with E-state index in [0.717, 1.165) is 56.7 Å². The minimum absolute atomic E-state index is 0.00194. The van der Waals surface area contributed by atoms with E-state index in [4.69, 9.17) is 4.79 Å². The summed E-state index contributed by atoms with van der Waals surface area (Å²) in [5.74, 6) is 1.02. The first kappa shape index (κ1) is 52.4. The van der Waals surface area contributed by atoms with Crippen molar-refractivity contribution in [3.05, 3.63) is 95.1 Å². The highest BCUT2D eigenvalue weighted by Gasteiger charge is 2.36. The highest BCUT2D eigenvalue weighted by atomic mass is 16.5. The van der Waals surface area contributed by atoms with Gasteiger partial charge in [-0.1, -0.05) is 76.2 Å². The van der Waals surface area contributed by atoms with Crippen molar-refractivity contribution < 1.29 is 38.2 Å². The topological polar surface area (TPSA) is 175 Å². The van der Waals surface area contributed by atoms with E-state index in [1.54, 1.807) is 4.90 Å². The summed E-state index contributed by atoms with van der Waals surface area (Å²) in [5.41, 5.74) is 11.0. The highest BCUT2D eigenvalue weighted by molar-refractivity contribution is 5.96. The molecular weight excluding hydrogens is 837 g/mol. The lowest BCUT2D eigenvalue weighted by Crippen LogP contribution is -2.52. The Morgan fingerprint density at radius 1 is 0.636 bits per heavy atom. The Labute approximate surface area is 391 Å². The molecular formula is C52H72N6O8. The van der Waals surface area contributed by atoms with Crippen LogP contribution in [0.4, 0.5) is 21.0 Å². The van der Waals surface area contributed by atoms with Gasteiger partial charge in [0.05, 0.1) is 20.3 Å². The van der Waals surface area contributed by atoms with E-state index in [2.05, 4.69) is 104 Å². The first-order chi connectivity index (χ1) is 31.8. The third kappa shape index (κ3) is 14.2. The molecule has 2 aliphatic carbocycles. The molecule has 0 aromatic heterocycles. The number of carbonyl (C=O) groups excluding carboxylic acids is 6. The van der Waals surface area contributed by atoms with E-state index in [-0.39, 0.29) is 29.7 Å². The fraction of sp³-hybridized carbons (Fsp3) is 0.500. The van der Waals surface area contributed by atoms with Crippen LogP contribution in [-0.4, -0.2) is 113 Å². The average molecular weight is 909 g/mol. The van der Waals surface area contributed by atoms with Crippen molar-refractivity contribution in [3.63, 3.8) is 0 Å². The van der Waals surface area contributed by atoms with Gasteiger partial charge in [-0.2, -0.15) is 0 Å². The summed E-state index contributed by atoms with van der Waals surface area (Å²) < 4.78 is 9.03. The number of nitrogens with zero attached hydrogens (tertiary/aromatic N) is 2. The van der Waals surface area contributed by atoms with Crippen LogP contribution in [0.25, 0.3) is 11.1 Å². The fourth-order valence-electron chi connectivity index (χ4n) is 8.78. The van der Waals surface area contributed by atoms with E-state index in [9.17, 15) is 24.0 Å². The largest absolute Gasteiger partial charge is 0.453 e. The molecule has 3 aromatic carbocycles. The van der Waals surface area contributed by atoms with Crippen molar-refractivity contribution in [1.82, 2.24) is 20.4 Å². The van der Waals surface area contributed by atoms with Gasteiger partial charge in [0.2, 0.25) is 11.8 Å². The van der Waals surface area contributed by atoms with Gasteiger partial charge in [-0.05, 0) is 127 Å². The first-order valence-electron chi connectivity index (χ1n) is 23.3. The second-order valence-electron chi connectivity index (χ2n) is 17.7. The number of hydrogen-bond donors (Lipinski definition) is 4. The number of alkyl carbamates (subject to hydrolysis) is 2. The average Bonchev–Trinajstić information content (AvgIpc) is 3.67. The van der Waals surface area contributed by atoms with E-state index >= 15 is 0 Å². The van der Waals surface area contributed by atoms with Gasteiger partial charge in [0, 0.05) is 51.0 Å². The molecule has 14 nitrogen and oxygen atoms in total. The predicted molar refractivity (Wildman–Crippen MR) is 261 cm³/mol. The van der Waals surface area contributed by atoms with Crippen LogP contribution in [0.5, 0.6) is 0 Å². The lowest BCUT2D eigenvalue weighted by atomic mass is 9.86. The van der Waals surface area contributed by atoms with E-state index in [0.29, 0.717) is 18.9 Å². The van der Waals surface area contributed by atoms with E-state index in [1.807, 2.05) is 48.6 Å². The van der Waals surface area contributed by atoms with Gasteiger partial charge >= 0.3 is 12.2 Å². The SMILES string of the molecule is C=O.CNc1ccc(C2=C(c3ccc(C4CC4)cc3)C(c3ccc(NC)cc3)CC2)cc1.COC(=O)NC(C(=O)N1CCC[C@H]1C=O)C(C)C.COC(=O)N[C@H](C(=O)N1CCCC1)C(C)C. The molecule has 1 saturated carbocycles. The molecule has 4 aliphatic rings. The number of anilines is 2. The summed E-state index contributed by atoms with van der Waals surface area (Å²) in [6, 6.07) is 25.9. The molecule has 2 unspecified atom stereocenters. The second kappa shape index (κ2) is 26.1. The molecule has 4 N–H and O–H groups in total. The summed E-state index contributed by atoms with van der Waals surface area (Å²) in [5, 5.41) is 11.6. The van der Waals surface area contributed by atoms with E-state index < -0.39 is 24.3 Å². The van der Waals surface area contributed by atoms with Crippen molar-refractivity contribution in [1.29, 1.82) is 0 Å². The number of likely N-dealkylation sites (tertiary alicyclic amines) is 2. The molecule has 2 saturated heterocycles. The highest BCUT2D eigenvalue weighted by Crippen LogP contribution is 2.50. The molecule has 0 bridgehead atoms. The number of nitrogens with one attached hydrogen (secondary N) is 4. The van der Waals surface area contributed by atoms with Gasteiger partial charge < -0.3 is 50.1 Å². The lowest BCUT2D eigenvalue weighted by molar-refractivity contribution is -0.137. The molecule has 3 aromatic rings. The van der Waals surface area contributed by atoms with Gasteiger partial charge in [0.1, 0.15) is 25.2 Å². The quantitative estimate of drug-likeness (QED) is 0.122. The number of hydrogen-bond acceptors (Lipinski definition) is 10. The van der Waals surface area contributed by atoms with Crippen LogP contribution in [0.1, 0.15) is 113 Å². The van der Waals surface area contributed by atoms with Crippen LogP contribution in [-0.2, 0) is 28.7 Å². The molecule has 4 atom stereocenters. The molecule has 7 rings (SSSR count). The van der Waals surface area contributed by atoms with Crippen molar-refractivity contribution in [2.45, 2.75) is 109 Å². The maximum absolute atomic E-state index is 12.3. The molecule has 0 radical (unpaired) electrons. The zero-order chi connectivity index (χ0) is 48.3. The normalized spacial score (nSPS) is 18.3. The Kier molecular flexibility index (Phi) is 20.7. The van der Waals surface area contributed by atoms with Gasteiger partial charge in [-0.15, -0.1) is 0 Å². The number of methoxy groups -OCH3 is 2. The van der Waals surface area contributed by atoms with Gasteiger partial charge in [-0.3, -0.25) is 9.59 Å². The lowest BCUT2D eigenvalue weighted by Gasteiger charge is -2.28. The summed E-state index contributed by atoms with van der Waals surface area (Å²) in [6.45, 7) is 11.7. The number of benzene rings is 3. The zero-order valence-corrected chi connectivity index (χ0v) is 40.2. The Morgan fingerprint density at radius 2 is 1.12 bits per heavy atom. The first-order valence-corrected chi connectivity index (χ1v) is 23.3. The zero-order valence-electron chi connectivity index (χ0n) is 40.2. The maximum Gasteiger partial charge on any atom is 0.407 e. The second-order valence-corrected chi connectivity index (χ2v) is 17.7. The molecule has 4 amide bonds. The predicted octanol–water partition coefficient (Wildman–Crippen LogP) is 8.50.